The predicted octanol–water partition coefficient (Wildman–Crippen LogP) is 4.89. The largest absolute Gasteiger partial charge is 0.285 e. The van der Waals surface area contributed by atoms with Crippen LogP contribution in [-0.2, 0) is 0 Å². The van der Waals surface area contributed by atoms with E-state index in [1.165, 1.54) is 38.1 Å². The van der Waals surface area contributed by atoms with Gasteiger partial charge in [0.25, 0.3) is 0 Å². The molecule has 96 valence electrons. The van der Waals surface area contributed by atoms with Crippen molar-refractivity contribution in [1.29, 1.82) is 5.41 Å². The molecule has 0 aromatic heterocycles. The smallest absolute Gasteiger partial charge is 0.129 e. The number of rotatable bonds is 0. The lowest BCUT2D eigenvalue weighted by Gasteiger charge is -2.11. The maximum absolute atomic E-state index is 8.17. The quantitative estimate of drug-likeness (QED) is 0.234. The van der Waals surface area contributed by atoms with Crippen molar-refractivity contribution in [3.8, 4) is 11.1 Å². The highest BCUT2D eigenvalue weighted by atomic mass is 14.4. The second-order valence-corrected chi connectivity index (χ2v) is 5.63. The molecule has 0 spiro atoms. The minimum Gasteiger partial charge on any atom is -0.285 e. The van der Waals surface area contributed by atoms with E-state index in [2.05, 4.69) is 60.7 Å². The van der Waals surface area contributed by atoms with Gasteiger partial charge in [0.1, 0.15) is 5.36 Å². The van der Waals surface area contributed by atoms with Crippen LogP contribution in [0.1, 0.15) is 0 Å². The summed E-state index contributed by atoms with van der Waals surface area (Å²) in [5.41, 5.74) is 2.44. The molecule has 0 fully saturated rings. The minimum atomic E-state index is 0.602. The van der Waals surface area contributed by atoms with Crippen molar-refractivity contribution in [3.63, 3.8) is 0 Å². The molecule has 1 N–H and O–H groups in total. The lowest BCUT2D eigenvalue weighted by atomic mass is 9.87. The van der Waals surface area contributed by atoms with Crippen LogP contribution in [0.5, 0.6) is 0 Å². The van der Waals surface area contributed by atoms with Crippen molar-refractivity contribution in [2.75, 3.05) is 0 Å². The Morgan fingerprint density at radius 1 is 0.714 bits per heavy atom. The van der Waals surface area contributed by atoms with Crippen LogP contribution in [0.15, 0.2) is 66.7 Å². The zero-order chi connectivity index (χ0) is 14.0. The van der Waals surface area contributed by atoms with Gasteiger partial charge in [0, 0.05) is 35.0 Å². The van der Waals surface area contributed by atoms with E-state index >= 15 is 0 Å². The molecule has 0 radical (unpaired) electrons. The molecule has 1 heteroatoms. The van der Waals surface area contributed by atoms with E-state index in [9.17, 15) is 0 Å². The maximum atomic E-state index is 8.17. The fourth-order valence-electron chi connectivity index (χ4n) is 3.56. The molecule has 0 atom stereocenters. The van der Waals surface area contributed by atoms with E-state index < -0.39 is 0 Å². The molecule has 0 unspecified atom stereocenters. The molecule has 3 aromatic carbocycles. The van der Waals surface area contributed by atoms with Gasteiger partial charge in [-0.3, -0.25) is 5.41 Å². The average molecular weight is 266 g/mol. The van der Waals surface area contributed by atoms with Gasteiger partial charge < -0.3 is 0 Å². The summed E-state index contributed by atoms with van der Waals surface area (Å²) < 4.78 is 0. The molecule has 2 aliphatic carbocycles. The third-order valence-corrected chi connectivity index (χ3v) is 4.51. The molecular weight excluding hydrogens is 254 g/mol. The van der Waals surface area contributed by atoms with E-state index in [1.54, 1.807) is 0 Å². The molecule has 0 heterocycles. The zero-order valence-electron chi connectivity index (χ0n) is 11.4. The molecule has 2 aliphatic rings. The summed E-state index contributed by atoms with van der Waals surface area (Å²) >= 11 is 0. The van der Waals surface area contributed by atoms with Crippen LogP contribution in [0, 0.1) is 5.41 Å². The summed E-state index contributed by atoms with van der Waals surface area (Å²) in [5.74, 6) is 0. The molecule has 0 bridgehead atoms. The molecule has 0 saturated carbocycles. The van der Waals surface area contributed by atoms with Crippen LogP contribution in [0.4, 0.5) is 0 Å². The molecule has 21 heavy (non-hydrogen) atoms. The van der Waals surface area contributed by atoms with E-state index in [1.807, 2.05) is 6.07 Å². The molecule has 3 aromatic rings. The zero-order valence-corrected chi connectivity index (χ0v) is 11.4. The molecule has 0 saturated heterocycles. The molecule has 5 rings (SSSR count). The van der Waals surface area contributed by atoms with Gasteiger partial charge in [-0.15, -0.1) is 0 Å². The Morgan fingerprint density at radius 3 is 2.52 bits per heavy atom. The lowest BCUT2D eigenvalue weighted by molar-refractivity contribution is 1.30. The summed E-state index contributed by atoms with van der Waals surface area (Å²) in [7, 11) is 0. The predicted molar refractivity (Wildman–Crippen MR) is 88.2 cm³/mol. The topological polar surface area (TPSA) is 23.9 Å². The van der Waals surface area contributed by atoms with Crippen LogP contribution in [0.3, 0.4) is 0 Å². The Labute approximate surface area is 121 Å². The number of nitrogens with one attached hydrogen (secondary N) is 1. The van der Waals surface area contributed by atoms with E-state index in [-0.39, 0.29) is 0 Å². The van der Waals surface area contributed by atoms with Crippen molar-refractivity contribution in [3.05, 3.63) is 72.1 Å². The Morgan fingerprint density at radius 2 is 1.57 bits per heavy atom. The first-order chi connectivity index (χ1) is 10.3. The van der Waals surface area contributed by atoms with Gasteiger partial charge in [0.2, 0.25) is 0 Å². The Kier molecular flexibility index (Phi) is 1.90. The van der Waals surface area contributed by atoms with E-state index in [0.29, 0.717) is 5.36 Å². The minimum absolute atomic E-state index is 0.602. The second-order valence-electron chi connectivity index (χ2n) is 5.63. The second kappa shape index (κ2) is 3.64. The first-order valence-corrected chi connectivity index (χ1v) is 7.14. The molecule has 0 amide bonds. The highest BCUT2D eigenvalue weighted by Crippen LogP contribution is 2.40. The van der Waals surface area contributed by atoms with Gasteiger partial charge in [0.05, 0.1) is 27.3 Å². The molecule has 0 aliphatic heterocycles. The van der Waals surface area contributed by atoms with Gasteiger partial charge in [-0.2, -0.15) is 0 Å². The van der Waals surface area contributed by atoms with Gasteiger partial charge in [-0.05, 0) is 23.6 Å². The summed E-state index contributed by atoms with van der Waals surface area (Å²) in [6.07, 6.45) is 0. The van der Waals surface area contributed by atoms with Crippen molar-refractivity contribution >= 4 is 32.3 Å². The Hall–Kier alpha value is -2.80. The molecule has 1 nitrogen and oxygen atoms in total. The number of hydrogen-bond donors (Lipinski definition) is 1. The fourth-order valence-corrected chi connectivity index (χ4v) is 3.56. The third kappa shape index (κ3) is 1.30. The normalized spacial score (nSPS) is 12.0. The number of hydrogen-bond acceptors (Lipinski definition) is 1. The van der Waals surface area contributed by atoms with E-state index in [0.717, 1.165) is 5.39 Å². The van der Waals surface area contributed by atoms with Gasteiger partial charge in [-0.25, -0.2) is 0 Å². The van der Waals surface area contributed by atoms with Crippen LogP contribution in [0.25, 0.3) is 43.4 Å². The van der Waals surface area contributed by atoms with Crippen molar-refractivity contribution in [2.24, 2.45) is 0 Å². The summed E-state index contributed by atoms with van der Waals surface area (Å²) in [6.45, 7) is 0. The maximum Gasteiger partial charge on any atom is 0.129 e. The van der Waals surface area contributed by atoms with Gasteiger partial charge >= 0.3 is 0 Å². The van der Waals surface area contributed by atoms with Crippen LogP contribution >= 0.6 is 0 Å². The van der Waals surface area contributed by atoms with Crippen molar-refractivity contribution in [2.45, 2.75) is 0 Å². The van der Waals surface area contributed by atoms with Crippen molar-refractivity contribution in [1.82, 2.24) is 0 Å². The standard InChI is InChI=1S/C20H12N/c21-18-10-7-12-5-8-16-15-4-2-1-3-13(15)11-14-6-9-17(18)19(12)20(14)16/h1-11,21H/q+1. The van der Waals surface area contributed by atoms with E-state index in [4.69, 9.17) is 5.41 Å². The van der Waals surface area contributed by atoms with Crippen LogP contribution in [-0.4, -0.2) is 0 Å². The first-order valence-electron chi connectivity index (χ1n) is 7.14. The summed E-state index contributed by atoms with van der Waals surface area (Å²) in [6, 6.07) is 23.4. The monoisotopic (exact) mass is 266 g/mol. The lowest BCUT2D eigenvalue weighted by Crippen LogP contribution is -2.03. The highest BCUT2D eigenvalue weighted by molar-refractivity contribution is 6.23. The Balaban J connectivity index is 2.22. The van der Waals surface area contributed by atoms with Gasteiger partial charge in [0.15, 0.2) is 0 Å². The van der Waals surface area contributed by atoms with Crippen LogP contribution < -0.4 is 5.36 Å². The first kappa shape index (κ1) is 10.9. The highest BCUT2D eigenvalue weighted by Gasteiger charge is 2.21. The average Bonchev–Trinajstić information content (AvgIpc) is 2.53. The third-order valence-electron chi connectivity index (χ3n) is 4.51. The van der Waals surface area contributed by atoms with Crippen molar-refractivity contribution < 1.29 is 0 Å². The van der Waals surface area contributed by atoms with Crippen LogP contribution in [0.2, 0.25) is 0 Å². The SMILES string of the molecule is N=c1cc[c+]2ccc3c4ccccc4cc4ccc1c-2c43. The Bertz CT molecular complexity index is 1150. The number of benzene rings is 5. The fraction of sp³-hybridized carbons (Fsp3) is 0. The summed E-state index contributed by atoms with van der Waals surface area (Å²) in [5, 5.41) is 16.2. The molecular formula is C20H12N+. The summed E-state index contributed by atoms with van der Waals surface area (Å²) in [4.78, 5) is 0. The van der Waals surface area contributed by atoms with Gasteiger partial charge in [-0.1, -0.05) is 24.3 Å². The number of fused-ring (bicyclic) bond motifs is 2.